The molecule has 5 nitrogen and oxygen atoms in total. The highest BCUT2D eigenvalue weighted by Gasteiger charge is 2.22. The quantitative estimate of drug-likeness (QED) is 0.886. The van der Waals surface area contributed by atoms with Gasteiger partial charge in [-0.1, -0.05) is 29.8 Å². The zero-order valence-corrected chi connectivity index (χ0v) is 14.7. The molecule has 2 aromatic carbocycles. The molecular weight excluding hydrogens is 333 g/mol. The van der Waals surface area contributed by atoms with Gasteiger partial charge in [0.1, 0.15) is 5.82 Å². The molecule has 3 rings (SSSR count). The van der Waals surface area contributed by atoms with Crippen LogP contribution in [0.2, 0.25) is 0 Å². The number of urea groups is 1. The first kappa shape index (κ1) is 17.9. The van der Waals surface area contributed by atoms with Gasteiger partial charge < -0.3 is 15.5 Å². The Labute approximate surface area is 152 Å². The monoisotopic (exact) mass is 355 g/mol. The van der Waals surface area contributed by atoms with Crippen molar-refractivity contribution in [1.82, 2.24) is 10.6 Å². The van der Waals surface area contributed by atoms with E-state index >= 15 is 0 Å². The first-order valence-corrected chi connectivity index (χ1v) is 8.69. The fraction of sp³-hybridized carbons (Fsp3) is 0.300. The summed E-state index contributed by atoms with van der Waals surface area (Å²) in [4.78, 5) is 26.1. The zero-order valence-electron chi connectivity index (χ0n) is 14.7. The van der Waals surface area contributed by atoms with Crippen molar-refractivity contribution in [2.45, 2.75) is 26.3 Å². The summed E-state index contributed by atoms with van der Waals surface area (Å²) in [7, 11) is 0. The second kappa shape index (κ2) is 7.99. The molecule has 0 fully saturated rings. The summed E-state index contributed by atoms with van der Waals surface area (Å²) in [5.41, 5.74) is 4.07. The van der Waals surface area contributed by atoms with Gasteiger partial charge in [-0.2, -0.15) is 0 Å². The van der Waals surface area contributed by atoms with Crippen LogP contribution in [0.5, 0.6) is 0 Å². The summed E-state index contributed by atoms with van der Waals surface area (Å²) < 4.78 is 12.9. The van der Waals surface area contributed by atoms with Gasteiger partial charge in [-0.15, -0.1) is 0 Å². The highest BCUT2D eigenvalue weighted by Crippen LogP contribution is 2.27. The van der Waals surface area contributed by atoms with Crippen LogP contribution in [0.15, 0.2) is 42.5 Å². The number of halogens is 1. The molecule has 0 unspecified atom stereocenters. The van der Waals surface area contributed by atoms with E-state index in [0.717, 1.165) is 24.1 Å². The second-order valence-corrected chi connectivity index (χ2v) is 6.44. The Hall–Kier alpha value is -2.89. The van der Waals surface area contributed by atoms with Crippen molar-refractivity contribution >= 4 is 17.6 Å². The number of rotatable bonds is 4. The van der Waals surface area contributed by atoms with Crippen molar-refractivity contribution in [3.8, 4) is 0 Å². The van der Waals surface area contributed by atoms with Gasteiger partial charge in [-0.3, -0.25) is 4.79 Å². The molecule has 0 saturated carbocycles. The standard InChI is InChI=1S/C20H22FN3O2/c1-14-4-9-18-16(11-14)3-2-10-24(18)19(25)13-23-20(26)22-12-15-5-7-17(21)8-6-15/h4-9,11H,2-3,10,12-13H2,1H3,(H2,22,23,26). The van der Waals surface area contributed by atoms with E-state index in [2.05, 4.69) is 16.7 Å². The fourth-order valence-electron chi connectivity index (χ4n) is 3.08. The largest absolute Gasteiger partial charge is 0.334 e. The number of nitrogens with one attached hydrogen (secondary N) is 2. The molecule has 26 heavy (non-hydrogen) atoms. The topological polar surface area (TPSA) is 61.4 Å². The first-order chi connectivity index (χ1) is 12.5. The SMILES string of the molecule is Cc1ccc2c(c1)CCCN2C(=O)CNC(=O)NCc1ccc(F)cc1. The predicted molar refractivity (Wildman–Crippen MR) is 98.5 cm³/mol. The summed E-state index contributed by atoms with van der Waals surface area (Å²) in [5, 5.41) is 5.25. The molecule has 1 aliphatic heterocycles. The Morgan fingerprint density at radius 2 is 1.88 bits per heavy atom. The molecule has 1 heterocycles. The molecule has 2 N–H and O–H groups in total. The number of carbonyl (C=O) groups is 2. The van der Waals surface area contributed by atoms with Crippen molar-refractivity contribution < 1.29 is 14.0 Å². The van der Waals surface area contributed by atoms with E-state index in [9.17, 15) is 14.0 Å². The lowest BCUT2D eigenvalue weighted by atomic mass is 9.99. The first-order valence-electron chi connectivity index (χ1n) is 8.69. The van der Waals surface area contributed by atoms with Crippen LogP contribution >= 0.6 is 0 Å². The number of benzene rings is 2. The fourth-order valence-corrected chi connectivity index (χ4v) is 3.08. The maximum absolute atomic E-state index is 12.9. The minimum atomic E-state index is -0.427. The third-order valence-corrected chi connectivity index (χ3v) is 4.42. The molecule has 0 atom stereocenters. The van der Waals surface area contributed by atoms with Crippen LogP contribution in [-0.2, 0) is 17.8 Å². The summed E-state index contributed by atoms with van der Waals surface area (Å²) in [5.74, 6) is -0.451. The Balaban J connectivity index is 1.51. The van der Waals surface area contributed by atoms with E-state index < -0.39 is 6.03 Å². The van der Waals surface area contributed by atoms with Crippen molar-refractivity contribution in [3.63, 3.8) is 0 Å². The smallest absolute Gasteiger partial charge is 0.315 e. The molecule has 6 heteroatoms. The van der Waals surface area contributed by atoms with E-state index in [1.54, 1.807) is 17.0 Å². The number of aryl methyl sites for hydroxylation is 2. The third kappa shape index (κ3) is 4.39. The average molecular weight is 355 g/mol. The molecular formula is C20H22FN3O2. The number of fused-ring (bicyclic) bond motifs is 1. The molecule has 0 aromatic heterocycles. The van der Waals surface area contributed by atoms with Gasteiger partial charge in [0.15, 0.2) is 0 Å². The number of nitrogens with zero attached hydrogens (tertiary/aromatic N) is 1. The normalized spacial score (nSPS) is 13.1. The van der Waals surface area contributed by atoms with Crippen LogP contribution in [-0.4, -0.2) is 25.0 Å². The van der Waals surface area contributed by atoms with E-state index in [0.29, 0.717) is 6.54 Å². The molecule has 0 spiro atoms. The van der Waals surface area contributed by atoms with Crippen LogP contribution in [0.3, 0.4) is 0 Å². The maximum atomic E-state index is 12.9. The number of carbonyl (C=O) groups excluding carboxylic acids is 2. The van der Waals surface area contributed by atoms with Crippen molar-refractivity contribution in [2.24, 2.45) is 0 Å². The van der Waals surface area contributed by atoms with Gasteiger partial charge in [0.25, 0.3) is 0 Å². The summed E-state index contributed by atoms with van der Waals surface area (Å²) >= 11 is 0. The van der Waals surface area contributed by atoms with Crippen LogP contribution < -0.4 is 15.5 Å². The van der Waals surface area contributed by atoms with Crippen molar-refractivity contribution in [1.29, 1.82) is 0 Å². The minimum absolute atomic E-state index is 0.0669. The maximum Gasteiger partial charge on any atom is 0.315 e. The van der Waals surface area contributed by atoms with Crippen molar-refractivity contribution in [2.75, 3.05) is 18.0 Å². The highest BCUT2D eigenvalue weighted by atomic mass is 19.1. The van der Waals surface area contributed by atoms with Crippen LogP contribution in [0, 0.1) is 12.7 Å². The van der Waals surface area contributed by atoms with Gasteiger partial charge in [-0.25, -0.2) is 9.18 Å². The molecule has 1 aliphatic rings. The average Bonchev–Trinajstić information content (AvgIpc) is 2.65. The molecule has 0 aliphatic carbocycles. The van der Waals surface area contributed by atoms with Gasteiger partial charge in [0.05, 0.1) is 6.54 Å². The molecule has 136 valence electrons. The van der Waals surface area contributed by atoms with E-state index in [-0.39, 0.29) is 24.8 Å². The highest BCUT2D eigenvalue weighted by molar-refractivity contribution is 5.97. The Morgan fingerprint density at radius 1 is 1.12 bits per heavy atom. The second-order valence-electron chi connectivity index (χ2n) is 6.44. The third-order valence-electron chi connectivity index (χ3n) is 4.42. The number of hydrogen-bond donors (Lipinski definition) is 2. The lowest BCUT2D eigenvalue weighted by Gasteiger charge is -2.30. The zero-order chi connectivity index (χ0) is 18.5. The summed E-state index contributed by atoms with van der Waals surface area (Å²) in [6.45, 7) is 2.90. The summed E-state index contributed by atoms with van der Waals surface area (Å²) in [6.07, 6.45) is 1.88. The lowest BCUT2D eigenvalue weighted by Crippen LogP contribution is -2.45. The van der Waals surface area contributed by atoms with E-state index in [1.165, 1.54) is 23.3 Å². The van der Waals surface area contributed by atoms with Gasteiger partial charge >= 0.3 is 6.03 Å². The van der Waals surface area contributed by atoms with Gasteiger partial charge in [0.2, 0.25) is 5.91 Å². The number of hydrogen-bond acceptors (Lipinski definition) is 2. The molecule has 0 radical (unpaired) electrons. The number of amides is 3. The Morgan fingerprint density at radius 3 is 2.65 bits per heavy atom. The summed E-state index contributed by atoms with van der Waals surface area (Å²) in [6, 6.07) is 11.5. The van der Waals surface area contributed by atoms with Crippen LogP contribution in [0.25, 0.3) is 0 Å². The lowest BCUT2D eigenvalue weighted by molar-refractivity contribution is -0.117. The van der Waals surface area contributed by atoms with Crippen LogP contribution in [0.1, 0.15) is 23.1 Å². The number of anilines is 1. The van der Waals surface area contributed by atoms with Gasteiger partial charge in [-0.05, 0) is 49.1 Å². The minimum Gasteiger partial charge on any atom is -0.334 e. The van der Waals surface area contributed by atoms with Gasteiger partial charge in [0, 0.05) is 18.8 Å². The molecule has 3 amide bonds. The van der Waals surface area contributed by atoms with Crippen molar-refractivity contribution in [3.05, 3.63) is 65.0 Å². The Bertz CT molecular complexity index is 805. The van der Waals surface area contributed by atoms with Crippen LogP contribution in [0.4, 0.5) is 14.9 Å². The molecule has 0 bridgehead atoms. The van der Waals surface area contributed by atoms with E-state index in [1.807, 2.05) is 19.1 Å². The molecule has 0 saturated heterocycles. The van der Waals surface area contributed by atoms with E-state index in [4.69, 9.17) is 0 Å². The predicted octanol–water partition coefficient (Wildman–Crippen LogP) is 2.91. The molecule has 2 aromatic rings. The Kier molecular flexibility index (Phi) is 5.51.